The Morgan fingerprint density at radius 3 is 2.90 bits per heavy atom. The summed E-state index contributed by atoms with van der Waals surface area (Å²) < 4.78 is 1.06. The number of hydrogen-bond donors (Lipinski definition) is 1. The Labute approximate surface area is 134 Å². The summed E-state index contributed by atoms with van der Waals surface area (Å²) in [4.78, 5) is 11.5. The predicted molar refractivity (Wildman–Crippen MR) is 90.6 cm³/mol. The van der Waals surface area contributed by atoms with E-state index in [1.807, 2.05) is 24.4 Å². The van der Waals surface area contributed by atoms with Crippen LogP contribution in [0.1, 0.15) is 19.8 Å². The van der Waals surface area contributed by atoms with E-state index in [-0.39, 0.29) is 0 Å². The van der Waals surface area contributed by atoms with Crippen LogP contribution >= 0.6 is 15.9 Å². The highest BCUT2D eigenvalue weighted by atomic mass is 79.9. The number of nitrogens with zero attached hydrogens (tertiary/aromatic N) is 3. The summed E-state index contributed by atoms with van der Waals surface area (Å²) in [5.41, 5.74) is 0.983. The van der Waals surface area contributed by atoms with E-state index in [4.69, 9.17) is 0 Å². The van der Waals surface area contributed by atoms with Gasteiger partial charge < -0.3 is 10.2 Å². The van der Waals surface area contributed by atoms with Crippen molar-refractivity contribution in [2.75, 3.05) is 31.5 Å². The molecule has 4 nitrogen and oxygen atoms in total. The molecule has 1 fully saturated rings. The van der Waals surface area contributed by atoms with Gasteiger partial charge in [-0.2, -0.15) is 0 Å². The number of piperidine rings is 1. The monoisotopic (exact) mass is 348 g/mol. The molecule has 2 heterocycles. The maximum atomic E-state index is 4.58. The summed E-state index contributed by atoms with van der Waals surface area (Å²) in [6.07, 6.45) is 4.41. The number of aromatic nitrogens is 2. The smallest absolute Gasteiger partial charge is 0.223 e. The summed E-state index contributed by atoms with van der Waals surface area (Å²) in [6.45, 7) is 6.81. The molecular weight excluding hydrogens is 328 g/mol. The molecule has 1 N–H and O–H groups in total. The summed E-state index contributed by atoms with van der Waals surface area (Å²) >= 11 is 3.47. The van der Waals surface area contributed by atoms with Crippen LogP contribution in [-0.2, 0) is 0 Å². The highest BCUT2D eigenvalue weighted by Gasteiger charge is 2.17. The van der Waals surface area contributed by atoms with Crippen LogP contribution in [0.5, 0.6) is 0 Å². The lowest BCUT2D eigenvalue weighted by molar-refractivity contribution is 0.198. The molecule has 0 spiro atoms. The van der Waals surface area contributed by atoms with Crippen LogP contribution in [0.15, 0.2) is 28.9 Å². The highest BCUT2D eigenvalue weighted by Crippen LogP contribution is 2.20. The minimum atomic E-state index is 0.733. The first-order valence-corrected chi connectivity index (χ1v) is 8.42. The second-order valence-corrected chi connectivity index (χ2v) is 6.57. The van der Waals surface area contributed by atoms with Crippen molar-refractivity contribution >= 4 is 32.8 Å². The summed E-state index contributed by atoms with van der Waals surface area (Å²) in [5.74, 6) is 1.47. The maximum absolute atomic E-state index is 4.58. The fraction of sp³-hybridized carbons (Fsp3) is 0.500. The van der Waals surface area contributed by atoms with E-state index in [9.17, 15) is 0 Å². The molecule has 0 amide bonds. The van der Waals surface area contributed by atoms with Crippen LogP contribution in [0, 0.1) is 5.92 Å². The van der Waals surface area contributed by atoms with Gasteiger partial charge in [-0.25, -0.2) is 9.97 Å². The van der Waals surface area contributed by atoms with Gasteiger partial charge in [0.05, 0.1) is 5.52 Å². The third-order valence-corrected chi connectivity index (χ3v) is 4.74. The van der Waals surface area contributed by atoms with Gasteiger partial charge in [0.15, 0.2) is 0 Å². The van der Waals surface area contributed by atoms with Gasteiger partial charge >= 0.3 is 0 Å². The molecule has 0 saturated carbocycles. The van der Waals surface area contributed by atoms with Crippen molar-refractivity contribution in [1.29, 1.82) is 0 Å². The fourth-order valence-electron chi connectivity index (χ4n) is 2.83. The van der Waals surface area contributed by atoms with E-state index < -0.39 is 0 Å². The zero-order chi connectivity index (χ0) is 14.7. The lowest BCUT2D eigenvalue weighted by Crippen LogP contribution is -2.35. The van der Waals surface area contributed by atoms with Crippen molar-refractivity contribution in [3.63, 3.8) is 0 Å². The summed E-state index contributed by atoms with van der Waals surface area (Å²) in [6, 6.07) is 6.07. The number of anilines is 1. The Morgan fingerprint density at radius 1 is 1.33 bits per heavy atom. The molecule has 0 bridgehead atoms. The molecule has 112 valence electrons. The minimum Gasteiger partial charge on any atom is -0.354 e. The van der Waals surface area contributed by atoms with Crippen molar-refractivity contribution in [2.45, 2.75) is 19.8 Å². The molecule has 1 saturated heterocycles. The molecule has 0 atom stereocenters. The van der Waals surface area contributed by atoms with Gasteiger partial charge in [-0.1, -0.05) is 22.9 Å². The molecule has 0 unspecified atom stereocenters. The molecule has 3 rings (SSSR count). The Morgan fingerprint density at radius 2 is 2.14 bits per heavy atom. The topological polar surface area (TPSA) is 41.0 Å². The van der Waals surface area contributed by atoms with Crippen molar-refractivity contribution in [3.05, 3.63) is 28.9 Å². The number of benzene rings is 1. The first-order valence-electron chi connectivity index (χ1n) is 7.63. The third kappa shape index (κ3) is 3.71. The number of likely N-dealkylation sites (tertiary alicyclic amines) is 1. The summed E-state index contributed by atoms with van der Waals surface area (Å²) in [5, 5.41) is 4.46. The van der Waals surface area contributed by atoms with Crippen molar-refractivity contribution in [3.8, 4) is 0 Å². The number of rotatable bonds is 4. The van der Waals surface area contributed by atoms with Gasteiger partial charge in [0.25, 0.3) is 0 Å². The molecule has 1 aromatic heterocycles. The van der Waals surface area contributed by atoms with E-state index in [0.29, 0.717) is 0 Å². The second-order valence-electron chi connectivity index (χ2n) is 5.66. The van der Waals surface area contributed by atoms with Crippen LogP contribution in [0.2, 0.25) is 0 Å². The Balaban J connectivity index is 1.59. The molecule has 1 aliphatic heterocycles. The highest BCUT2D eigenvalue weighted by molar-refractivity contribution is 9.10. The number of fused-ring (bicyclic) bond motifs is 1. The normalized spacial score (nSPS) is 17.2. The van der Waals surface area contributed by atoms with Crippen LogP contribution in [-0.4, -0.2) is 41.0 Å². The SMILES string of the molecule is CCN1CCC(CNc2ncc3cc(Br)ccc3n2)CC1. The number of halogens is 1. The average molecular weight is 349 g/mol. The lowest BCUT2D eigenvalue weighted by Gasteiger charge is -2.31. The van der Waals surface area contributed by atoms with Gasteiger partial charge in [0.2, 0.25) is 5.95 Å². The molecular formula is C16H21BrN4. The van der Waals surface area contributed by atoms with E-state index in [0.717, 1.165) is 33.8 Å². The van der Waals surface area contributed by atoms with Crippen LogP contribution in [0.25, 0.3) is 10.9 Å². The molecule has 1 aliphatic rings. The van der Waals surface area contributed by atoms with E-state index in [1.165, 1.54) is 32.5 Å². The third-order valence-electron chi connectivity index (χ3n) is 4.25. The zero-order valence-corrected chi connectivity index (χ0v) is 13.9. The Bertz CT molecular complexity index is 608. The quantitative estimate of drug-likeness (QED) is 0.917. The van der Waals surface area contributed by atoms with Crippen LogP contribution < -0.4 is 5.32 Å². The number of hydrogen-bond acceptors (Lipinski definition) is 4. The van der Waals surface area contributed by atoms with Gasteiger partial charge in [0.1, 0.15) is 0 Å². The van der Waals surface area contributed by atoms with Gasteiger partial charge in [-0.05, 0) is 56.6 Å². The standard InChI is InChI=1S/C16H21BrN4/c1-2-21-7-5-12(6-8-21)10-18-16-19-11-13-9-14(17)3-4-15(13)20-16/h3-4,9,11-12H,2,5-8,10H2,1H3,(H,18,19,20). The van der Waals surface area contributed by atoms with Crippen molar-refractivity contribution in [2.24, 2.45) is 5.92 Å². The lowest BCUT2D eigenvalue weighted by atomic mass is 9.97. The first kappa shape index (κ1) is 14.7. The molecule has 2 aromatic rings. The minimum absolute atomic E-state index is 0.733. The van der Waals surface area contributed by atoms with Crippen LogP contribution in [0.4, 0.5) is 5.95 Å². The predicted octanol–water partition coefficient (Wildman–Crippen LogP) is 3.54. The molecule has 0 radical (unpaired) electrons. The Kier molecular flexibility index (Phi) is 4.70. The van der Waals surface area contributed by atoms with E-state index >= 15 is 0 Å². The zero-order valence-electron chi connectivity index (χ0n) is 12.3. The average Bonchev–Trinajstić information content (AvgIpc) is 2.53. The van der Waals surface area contributed by atoms with Crippen LogP contribution in [0.3, 0.4) is 0 Å². The van der Waals surface area contributed by atoms with Gasteiger partial charge in [-0.15, -0.1) is 0 Å². The van der Waals surface area contributed by atoms with Crippen molar-refractivity contribution < 1.29 is 0 Å². The number of nitrogens with one attached hydrogen (secondary N) is 1. The molecule has 5 heteroatoms. The second kappa shape index (κ2) is 6.71. The first-order chi connectivity index (χ1) is 10.2. The maximum Gasteiger partial charge on any atom is 0.223 e. The molecule has 21 heavy (non-hydrogen) atoms. The van der Waals surface area contributed by atoms with Crippen molar-refractivity contribution in [1.82, 2.24) is 14.9 Å². The van der Waals surface area contributed by atoms with E-state index in [2.05, 4.69) is 43.0 Å². The fourth-order valence-corrected chi connectivity index (χ4v) is 3.21. The van der Waals surface area contributed by atoms with Gasteiger partial charge in [0, 0.05) is 22.6 Å². The largest absolute Gasteiger partial charge is 0.354 e. The van der Waals surface area contributed by atoms with E-state index in [1.54, 1.807) is 0 Å². The Hall–Kier alpha value is -1.20. The summed E-state index contributed by atoms with van der Waals surface area (Å²) in [7, 11) is 0. The van der Waals surface area contributed by atoms with Gasteiger partial charge in [-0.3, -0.25) is 0 Å². The molecule has 1 aromatic carbocycles. The molecule has 0 aliphatic carbocycles.